The monoisotopic (exact) mass is 265 g/mol. The Bertz CT molecular complexity index is 466. The van der Waals surface area contributed by atoms with Gasteiger partial charge in [-0.25, -0.2) is 0 Å². The fourth-order valence-electron chi connectivity index (χ4n) is 1.64. The van der Waals surface area contributed by atoms with Crippen LogP contribution in [0.5, 0.6) is 0 Å². The predicted molar refractivity (Wildman–Crippen MR) is 69.6 cm³/mol. The van der Waals surface area contributed by atoms with Crippen LogP contribution in [0.2, 0.25) is 0 Å². The molecule has 18 heavy (non-hydrogen) atoms. The zero-order valence-corrected chi connectivity index (χ0v) is 10.8. The Hall–Kier alpha value is -1.35. The molecule has 0 saturated carbocycles. The third-order valence-electron chi connectivity index (χ3n) is 2.57. The van der Waals surface area contributed by atoms with Crippen LogP contribution in [0, 0.1) is 11.8 Å². The second-order valence-electron chi connectivity index (χ2n) is 4.01. The van der Waals surface area contributed by atoms with E-state index in [0.717, 1.165) is 11.3 Å². The van der Waals surface area contributed by atoms with Crippen LogP contribution in [-0.4, -0.2) is 36.9 Å². The maximum Gasteiger partial charge on any atom is 0.252 e. The number of aliphatic hydroxyl groups excluding tert-OH is 1. The Kier molecular flexibility index (Phi) is 4.76. The van der Waals surface area contributed by atoms with Gasteiger partial charge in [-0.3, -0.25) is 4.79 Å². The third-order valence-corrected chi connectivity index (χ3v) is 3.42. The second-order valence-corrected chi connectivity index (χ2v) is 4.92. The van der Waals surface area contributed by atoms with E-state index in [4.69, 9.17) is 9.84 Å². The van der Waals surface area contributed by atoms with E-state index in [1.807, 2.05) is 0 Å². The molecule has 0 aromatic carbocycles. The number of carbonyl (C=O) groups is 1. The highest BCUT2D eigenvalue weighted by Gasteiger charge is 2.18. The molecule has 1 amide bonds. The van der Waals surface area contributed by atoms with Crippen LogP contribution in [0.1, 0.15) is 28.1 Å². The second kappa shape index (κ2) is 6.55. The van der Waals surface area contributed by atoms with Crippen LogP contribution in [0.25, 0.3) is 0 Å². The first-order valence-electron chi connectivity index (χ1n) is 5.86. The maximum atomic E-state index is 11.9. The molecule has 0 radical (unpaired) electrons. The SMILES string of the molecule is O=C(NC1CCOC1)c1csc(C#CCCO)c1. The summed E-state index contributed by atoms with van der Waals surface area (Å²) < 4.78 is 5.21. The summed E-state index contributed by atoms with van der Waals surface area (Å²) in [5.41, 5.74) is 0.639. The molecule has 2 rings (SSSR count). The molecule has 1 atom stereocenters. The van der Waals surface area contributed by atoms with E-state index in [2.05, 4.69) is 17.2 Å². The largest absolute Gasteiger partial charge is 0.395 e. The molecule has 4 nitrogen and oxygen atoms in total. The maximum absolute atomic E-state index is 11.9. The standard InChI is InChI=1S/C13H15NO3S/c15-5-2-1-3-12-7-10(9-18-12)13(16)14-11-4-6-17-8-11/h7,9,11,15H,2,4-6,8H2,(H,14,16). The van der Waals surface area contributed by atoms with Crippen molar-refractivity contribution in [2.45, 2.75) is 18.9 Å². The first-order chi connectivity index (χ1) is 8.79. The van der Waals surface area contributed by atoms with Gasteiger partial charge in [0.25, 0.3) is 5.91 Å². The van der Waals surface area contributed by atoms with Crippen molar-refractivity contribution in [2.24, 2.45) is 0 Å². The van der Waals surface area contributed by atoms with Crippen molar-refractivity contribution in [3.8, 4) is 11.8 Å². The summed E-state index contributed by atoms with van der Waals surface area (Å²) in [4.78, 5) is 12.7. The normalized spacial score (nSPS) is 18.2. The summed E-state index contributed by atoms with van der Waals surface area (Å²) in [6.07, 6.45) is 1.33. The zero-order chi connectivity index (χ0) is 12.8. The number of rotatable bonds is 3. The summed E-state index contributed by atoms with van der Waals surface area (Å²) in [5.74, 6) is 5.68. The summed E-state index contributed by atoms with van der Waals surface area (Å²) in [6.45, 7) is 1.37. The molecule has 1 saturated heterocycles. The lowest BCUT2D eigenvalue weighted by Gasteiger charge is -2.08. The Labute approximate surface area is 110 Å². The van der Waals surface area contributed by atoms with Gasteiger partial charge in [-0.1, -0.05) is 11.8 Å². The lowest BCUT2D eigenvalue weighted by Crippen LogP contribution is -2.34. The van der Waals surface area contributed by atoms with Gasteiger partial charge in [0.1, 0.15) is 0 Å². The van der Waals surface area contributed by atoms with E-state index in [1.54, 1.807) is 11.4 Å². The van der Waals surface area contributed by atoms with Crippen molar-refractivity contribution in [3.63, 3.8) is 0 Å². The van der Waals surface area contributed by atoms with E-state index >= 15 is 0 Å². The summed E-state index contributed by atoms with van der Waals surface area (Å²) in [5, 5.41) is 13.4. The molecule has 0 spiro atoms. The Morgan fingerprint density at radius 2 is 2.56 bits per heavy atom. The van der Waals surface area contributed by atoms with Gasteiger partial charge in [0.2, 0.25) is 0 Å². The molecule has 0 bridgehead atoms. The molecule has 2 heterocycles. The first kappa shape index (κ1) is 13.1. The molecular formula is C13H15NO3S. The van der Waals surface area contributed by atoms with Gasteiger partial charge in [0.05, 0.1) is 29.7 Å². The number of amides is 1. The third kappa shape index (κ3) is 3.57. The van der Waals surface area contributed by atoms with E-state index < -0.39 is 0 Å². The highest BCUT2D eigenvalue weighted by Crippen LogP contribution is 2.14. The van der Waals surface area contributed by atoms with Gasteiger partial charge in [-0.15, -0.1) is 11.3 Å². The number of ether oxygens (including phenoxy) is 1. The van der Waals surface area contributed by atoms with Crippen molar-refractivity contribution in [1.82, 2.24) is 5.32 Å². The first-order valence-corrected chi connectivity index (χ1v) is 6.74. The van der Waals surface area contributed by atoms with Crippen molar-refractivity contribution in [3.05, 3.63) is 21.9 Å². The number of hydrogen-bond acceptors (Lipinski definition) is 4. The van der Waals surface area contributed by atoms with E-state index in [9.17, 15) is 4.79 Å². The van der Waals surface area contributed by atoms with Crippen LogP contribution in [-0.2, 0) is 4.74 Å². The summed E-state index contributed by atoms with van der Waals surface area (Å²) in [7, 11) is 0. The van der Waals surface area contributed by atoms with Crippen molar-refractivity contribution in [1.29, 1.82) is 0 Å². The van der Waals surface area contributed by atoms with E-state index in [0.29, 0.717) is 25.2 Å². The topological polar surface area (TPSA) is 58.6 Å². The van der Waals surface area contributed by atoms with Crippen LogP contribution in [0.3, 0.4) is 0 Å². The van der Waals surface area contributed by atoms with E-state index in [1.165, 1.54) is 11.3 Å². The average Bonchev–Trinajstić information content (AvgIpc) is 3.00. The minimum absolute atomic E-state index is 0.0629. The lowest BCUT2D eigenvalue weighted by atomic mass is 10.2. The highest BCUT2D eigenvalue weighted by molar-refractivity contribution is 7.10. The molecule has 0 aliphatic carbocycles. The van der Waals surface area contributed by atoms with Gasteiger partial charge in [-0.2, -0.15) is 0 Å². The smallest absolute Gasteiger partial charge is 0.252 e. The van der Waals surface area contributed by atoms with Crippen molar-refractivity contribution >= 4 is 17.2 Å². The molecule has 5 heteroatoms. The quantitative estimate of drug-likeness (QED) is 0.802. The molecule has 96 valence electrons. The molecule has 1 aliphatic heterocycles. The van der Waals surface area contributed by atoms with Crippen LogP contribution in [0.15, 0.2) is 11.4 Å². The Morgan fingerprint density at radius 3 is 3.28 bits per heavy atom. The number of thiophene rings is 1. The molecule has 1 unspecified atom stereocenters. The predicted octanol–water partition coefficient (Wildman–Crippen LogP) is 1.00. The molecular weight excluding hydrogens is 250 g/mol. The average molecular weight is 265 g/mol. The van der Waals surface area contributed by atoms with Gasteiger partial charge in [0.15, 0.2) is 0 Å². The van der Waals surface area contributed by atoms with E-state index in [-0.39, 0.29) is 18.6 Å². The summed E-state index contributed by atoms with van der Waals surface area (Å²) in [6, 6.07) is 1.90. The van der Waals surface area contributed by atoms with Crippen molar-refractivity contribution < 1.29 is 14.6 Å². The van der Waals surface area contributed by atoms with Crippen molar-refractivity contribution in [2.75, 3.05) is 19.8 Å². The molecule has 1 fully saturated rings. The van der Waals surface area contributed by atoms with Crippen LogP contribution in [0.4, 0.5) is 0 Å². The van der Waals surface area contributed by atoms with Crippen LogP contribution >= 0.6 is 11.3 Å². The van der Waals surface area contributed by atoms with Gasteiger partial charge >= 0.3 is 0 Å². The minimum Gasteiger partial charge on any atom is -0.395 e. The number of aliphatic hydroxyl groups is 1. The van der Waals surface area contributed by atoms with Crippen LogP contribution < -0.4 is 5.32 Å². The van der Waals surface area contributed by atoms with Gasteiger partial charge < -0.3 is 15.2 Å². The molecule has 1 aliphatic rings. The molecule has 1 aromatic heterocycles. The minimum atomic E-state index is -0.0723. The number of hydrogen-bond donors (Lipinski definition) is 2. The summed E-state index contributed by atoms with van der Waals surface area (Å²) >= 11 is 1.44. The Morgan fingerprint density at radius 1 is 1.67 bits per heavy atom. The number of nitrogens with one attached hydrogen (secondary N) is 1. The fraction of sp³-hybridized carbons (Fsp3) is 0.462. The lowest BCUT2D eigenvalue weighted by molar-refractivity contribution is 0.0930. The fourth-order valence-corrected chi connectivity index (χ4v) is 2.40. The zero-order valence-electron chi connectivity index (χ0n) is 9.94. The Balaban J connectivity index is 1.92. The number of carbonyl (C=O) groups excluding carboxylic acids is 1. The highest BCUT2D eigenvalue weighted by atomic mass is 32.1. The van der Waals surface area contributed by atoms with Gasteiger partial charge in [-0.05, 0) is 12.5 Å². The molecule has 2 N–H and O–H groups in total. The molecule has 1 aromatic rings. The van der Waals surface area contributed by atoms with Gasteiger partial charge in [0, 0.05) is 18.4 Å².